The SMILES string of the molecule is CSc1ccc(-c2cc3ccccc3c(=O)n2-c2ccccc2)cc1. The third-order valence-electron chi connectivity index (χ3n) is 4.33. The largest absolute Gasteiger partial charge is 0.276 e. The van der Waals surface area contributed by atoms with Crippen LogP contribution in [0.25, 0.3) is 27.7 Å². The van der Waals surface area contributed by atoms with Gasteiger partial charge in [-0.05, 0) is 53.6 Å². The number of rotatable bonds is 3. The summed E-state index contributed by atoms with van der Waals surface area (Å²) in [5.41, 5.74) is 2.82. The van der Waals surface area contributed by atoms with Gasteiger partial charge in [-0.25, -0.2) is 0 Å². The summed E-state index contributed by atoms with van der Waals surface area (Å²) in [6, 6.07) is 28.0. The van der Waals surface area contributed by atoms with E-state index in [9.17, 15) is 4.79 Å². The summed E-state index contributed by atoms with van der Waals surface area (Å²) < 4.78 is 1.80. The van der Waals surface area contributed by atoms with Crippen LogP contribution in [-0.4, -0.2) is 10.8 Å². The van der Waals surface area contributed by atoms with Gasteiger partial charge in [0.2, 0.25) is 0 Å². The zero-order valence-electron chi connectivity index (χ0n) is 13.8. The molecule has 0 aliphatic heterocycles. The zero-order valence-corrected chi connectivity index (χ0v) is 14.7. The molecule has 3 heteroatoms. The van der Waals surface area contributed by atoms with Gasteiger partial charge in [-0.1, -0.05) is 48.5 Å². The van der Waals surface area contributed by atoms with Gasteiger partial charge >= 0.3 is 0 Å². The van der Waals surface area contributed by atoms with Gasteiger partial charge in [-0.15, -0.1) is 11.8 Å². The minimum Gasteiger partial charge on any atom is -0.276 e. The van der Waals surface area contributed by atoms with Crippen LogP contribution < -0.4 is 5.56 Å². The lowest BCUT2D eigenvalue weighted by atomic mass is 10.1. The second-order valence-corrected chi connectivity index (χ2v) is 6.70. The molecule has 1 aromatic heterocycles. The molecule has 3 aromatic carbocycles. The molecule has 0 atom stereocenters. The van der Waals surface area contributed by atoms with Gasteiger partial charge in [0.15, 0.2) is 0 Å². The fourth-order valence-corrected chi connectivity index (χ4v) is 3.48. The van der Waals surface area contributed by atoms with Gasteiger partial charge in [0.1, 0.15) is 0 Å². The maximum Gasteiger partial charge on any atom is 0.263 e. The van der Waals surface area contributed by atoms with E-state index in [1.54, 1.807) is 16.3 Å². The Morgan fingerprint density at radius 1 is 0.800 bits per heavy atom. The second-order valence-electron chi connectivity index (χ2n) is 5.82. The van der Waals surface area contributed by atoms with Crippen molar-refractivity contribution in [3.8, 4) is 16.9 Å². The van der Waals surface area contributed by atoms with E-state index in [4.69, 9.17) is 0 Å². The molecule has 4 aromatic rings. The summed E-state index contributed by atoms with van der Waals surface area (Å²) in [5, 5.41) is 1.69. The molecule has 1 heterocycles. The molecule has 0 spiro atoms. The number of para-hydroxylation sites is 1. The Balaban J connectivity index is 2.06. The molecule has 122 valence electrons. The highest BCUT2D eigenvalue weighted by molar-refractivity contribution is 7.98. The van der Waals surface area contributed by atoms with Crippen molar-refractivity contribution in [3.05, 3.63) is 95.3 Å². The predicted octanol–water partition coefficient (Wildman–Crippen LogP) is 5.38. The molecule has 0 aliphatic carbocycles. The molecule has 0 N–H and O–H groups in total. The maximum atomic E-state index is 13.2. The molecular formula is C22H17NOS. The first-order valence-electron chi connectivity index (χ1n) is 8.12. The lowest BCUT2D eigenvalue weighted by Gasteiger charge is -2.15. The number of fused-ring (bicyclic) bond motifs is 1. The highest BCUT2D eigenvalue weighted by atomic mass is 32.2. The number of aromatic nitrogens is 1. The van der Waals surface area contributed by atoms with E-state index >= 15 is 0 Å². The molecule has 0 aliphatic rings. The van der Waals surface area contributed by atoms with Gasteiger partial charge in [-0.3, -0.25) is 9.36 Å². The van der Waals surface area contributed by atoms with Crippen LogP contribution in [0.1, 0.15) is 0 Å². The Morgan fingerprint density at radius 2 is 1.48 bits per heavy atom. The highest BCUT2D eigenvalue weighted by Crippen LogP contribution is 2.27. The number of pyridine rings is 1. The molecule has 2 nitrogen and oxygen atoms in total. The number of thioether (sulfide) groups is 1. The Morgan fingerprint density at radius 3 is 2.20 bits per heavy atom. The van der Waals surface area contributed by atoms with Gasteiger partial charge in [0.25, 0.3) is 5.56 Å². The van der Waals surface area contributed by atoms with Gasteiger partial charge in [-0.2, -0.15) is 0 Å². The molecule has 0 radical (unpaired) electrons. The zero-order chi connectivity index (χ0) is 17.2. The minimum absolute atomic E-state index is 0.00763. The molecule has 0 unspecified atom stereocenters. The van der Waals surface area contributed by atoms with E-state index in [0.29, 0.717) is 0 Å². The quantitative estimate of drug-likeness (QED) is 0.466. The Kier molecular flexibility index (Phi) is 4.16. The first kappa shape index (κ1) is 15.7. The summed E-state index contributed by atoms with van der Waals surface area (Å²) in [4.78, 5) is 14.4. The highest BCUT2D eigenvalue weighted by Gasteiger charge is 2.12. The van der Waals surface area contributed by atoms with Crippen LogP contribution in [0.2, 0.25) is 0 Å². The second kappa shape index (κ2) is 6.61. The van der Waals surface area contributed by atoms with E-state index in [1.165, 1.54) is 4.90 Å². The summed E-state index contributed by atoms with van der Waals surface area (Å²) in [6.07, 6.45) is 2.06. The van der Waals surface area contributed by atoms with E-state index in [1.807, 2.05) is 54.6 Å². The molecule has 0 bridgehead atoms. The summed E-state index contributed by atoms with van der Waals surface area (Å²) in [5.74, 6) is 0. The molecule has 0 fully saturated rings. The summed E-state index contributed by atoms with van der Waals surface area (Å²) in [6.45, 7) is 0. The number of benzene rings is 3. The third-order valence-corrected chi connectivity index (χ3v) is 5.07. The molecule has 0 saturated carbocycles. The van der Waals surface area contributed by atoms with Crippen molar-refractivity contribution in [1.29, 1.82) is 0 Å². The van der Waals surface area contributed by atoms with Crippen molar-refractivity contribution in [2.75, 3.05) is 6.26 Å². The Hall–Kier alpha value is -2.78. The molecular weight excluding hydrogens is 326 g/mol. The van der Waals surface area contributed by atoms with Crippen molar-refractivity contribution in [2.45, 2.75) is 4.90 Å². The lowest BCUT2D eigenvalue weighted by Crippen LogP contribution is -2.20. The topological polar surface area (TPSA) is 22.0 Å². The van der Waals surface area contributed by atoms with E-state index in [2.05, 4.69) is 36.6 Å². The van der Waals surface area contributed by atoms with E-state index in [0.717, 1.165) is 27.7 Å². The standard InChI is InChI=1S/C22H17NOS/c1-25-19-13-11-16(12-14-19)21-15-17-7-5-6-10-20(17)22(24)23(21)18-8-3-2-4-9-18/h2-15H,1H3. The maximum absolute atomic E-state index is 13.2. The normalized spacial score (nSPS) is 10.9. The minimum atomic E-state index is 0.00763. The third kappa shape index (κ3) is 2.87. The molecule has 0 amide bonds. The van der Waals surface area contributed by atoms with Crippen molar-refractivity contribution in [3.63, 3.8) is 0 Å². The molecule has 25 heavy (non-hydrogen) atoms. The molecule has 0 saturated heterocycles. The van der Waals surface area contributed by atoms with Crippen molar-refractivity contribution in [2.24, 2.45) is 0 Å². The van der Waals surface area contributed by atoms with Gasteiger partial charge in [0.05, 0.1) is 5.69 Å². The summed E-state index contributed by atoms with van der Waals surface area (Å²) >= 11 is 1.71. The molecule has 4 rings (SSSR count). The smallest absolute Gasteiger partial charge is 0.263 e. The van der Waals surface area contributed by atoms with Gasteiger partial charge < -0.3 is 0 Å². The fourth-order valence-electron chi connectivity index (χ4n) is 3.07. The Bertz CT molecular complexity index is 1080. The van der Waals surface area contributed by atoms with E-state index in [-0.39, 0.29) is 5.56 Å². The Labute approximate surface area is 150 Å². The van der Waals surface area contributed by atoms with Crippen LogP contribution in [0.4, 0.5) is 0 Å². The van der Waals surface area contributed by atoms with Crippen molar-refractivity contribution in [1.82, 2.24) is 4.57 Å². The van der Waals surface area contributed by atoms with Crippen LogP contribution in [0, 0.1) is 0 Å². The van der Waals surface area contributed by atoms with Crippen molar-refractivity contribution < 1.29 is 0 Å². The van der Waals surface area contributed by atoms with Crippen molar-refractivity contribution >= 4 is 22.5 Å². The number of nitrogens with zero attached hydrogens (tertiary/aromatic N) is 1. The van der Waals surface area contributed by atoms with Gasteiger partial charge in [0, 0.05) is 16.0 Å². The number of hydrogen-bond acceptors (Lipinski definition) is 2. The monoisotopic (exact) mass is 343 g/mol. The first-order valence-corrected chi connectivity index (χ1v) is 9.35. The first-order chi connectivity index (χ1) is 12.3. The number of hydrogen-bond donors (Lipinski definition) is 0. The fraction of sp³-hybridized carbons (Fsp3) is 0.0455. The van der Waals surface area contributed by atoms with Crippen LogP contribution in [0.15, 0.2) is 94.6 Å². The van der Waals surface area contributed by atoms with Crippen LogP contribution in [0.3, 0.4) is 0 Å². The van der Waals surface area contributed by atoms with Crippen LogP contribution in [-0.2, 0) is 0 Å². The summed E-state index contributed by atoms with van der Waals surface area (Å²) in [7, 11) is 0. The average Bonchev–Trinajstić information content (AvgIpc) is 2.69. The lowest BCUT2D eigenvalue weighted by molar-refractivity contribution is 1.02. The van der Waals surface area contributed by atoms with Crippen LogP contribution >= 0.6 is 11.8 Å². The van der Waals surface area contributed by atoms with E-state index < -0.39 is 0 Å². The van der Waals surface area contributed by atoms with Crippen LogP contribution in [0.5, 0.6) is 0 Å². The predicted molar refractivity (Wildman–Crippen MR) is 107 cm³/mol. The average molecular weight is 343 g/mol.